The van der Waals surface area contributed by atoms with Gasteiger partial charge in [-0.3, -0.25) is 14.3 Å². The second-order valence-electron chi connectivity index (χ2n) is 6.23. The van der Waals surface area contributed by atoms with Gasteiger partial charge in [-0.1, -0.05) is 25.5 Å². The van der Waals surface area contributed by atoms with Crippen LogP contribution in [-0.4, -0.2) is 21.7 Å². The highest BCUT2D eigenvalue weighted by molar-refractivity contribution is 7.80. The lowest BCUT2D eigenvalue weighted by atomic mass is 10.1. The molecule has 0 unspecified atom stereocenters. The van der Waals surface area contributed by atoms with E-state index >= 15 is 0 Å². The molecule has 0 atom stereocenters. The highest BCUT2D eigenvalue weighted by Gasteiger charge is 2.19. The first-order chi connectivity index (χ1) is 12.3. The molecule has 2 aromatic rings. The van der Waals surface area contributed by atoms with Gasteiger partial charge in [0.15, 0.2) is 5.11 Å². The Hall–Kier alpha value is -2.61. The lowest BCUT2D eigenvalue weighted by molar-refractivity contribution is 0.605. The normalized spacial score (nSPS) is 10.6. The largest absolute Gasteiger partial charge is 0.383 e. The van der Waals surface area contributed by atoms with Crippen molar-refractivity contribution in [1.82, 2.24) is 9.55 Å². The Bertz CT molecular complexity index is 932. The number of nitrogens with one attached hydrogen (secondary N) is 2. The van der Waals surface area contributed by atoms with E-state index in [-0.39, 0.29) is 11.5 Å². The van der Waals surface area contributed by atoms with Crippen LogP contribution < -0.4 is 27.2 Å². The van der Waals surface area contributed by atoms with Crippen molar-refractivity contribution in [2.45, 2.75) is 40.2 Å². The Kier molecular flexibility index (Phi) is 6.20. The van der Waals surface area contributed by atoms with Crippen molar-refractivity contribution in [1.29, 1.82) is 0 Å². The van der Waals surface area contributed by atoms with Crippen molar-refractivity contribution in [2.24, 2.45) is 0 Å². The molecule has 1 aromatic heterocycles. The van der Waals surface area contributed by atoms with Gasteiger partial charge in [0.25, 0.3) is 5.56 Å². The molecule has 0 amide bonds. The summed E-state index contributed by atoms with van der Waals surface area (Å²) in [5.41, 5.74) is 8.27. The summed E-state index contributed by atoms with van der Waals surface area (Å²) >= 11 is 5.45. The Morgan fingerprint density at radius 2 is 2.04 bits per heavy atom. The van der Waals surface area contributed by atoms with E-state index in [1.165, 1.54) is 9.47 Å². The van der Waals surface area contributed by atoms with E-state index < -0.39 is 11.2 Å². The molecule has 2 rings (SSSR count). The third-order valence-electron chi connectivity index (χ3n) is 4.44. The lowest BCUT2D eigenvalue weighted by Crippen LogP contribution is -2.40. The molecule has 8 heteroatoms. The Balaban J connectivity index is 2.38. The summed E-state index contributed by atoms with van der Waals surface area (Å²) in [6.45, 7) is 6.46. The summed E-state index contributed by atoms with van der Waals surface area (Å²) in [5, 5.41) is 3.46. The van der Waals surface area contributed by atoms with Gasteiger partial charge < -0.3 is 16.0 Å². The van der Waals surface area contributed by atoms with E-state index in [1.807, 2.05) is 39.0 Å². The first-order valence-electron chi connectivity index (χ1n) is 8.51. The summed E-state index contributed by atoms with van der Waals surface area (Å²) in [6, 6.07) is 5.86. The topological polar surface area (TPSA) is 96.2 Å². The van der Waals surface area contributed by atoms with Crippen molar-refractivity contribution < 1.29 is 0 Å². The van der Waals surface area contributed by atoms with Gasteiger partial charge >= 0.3 is 5.69 Å². The van der Waals surface area contributed by atoms with Crippen LogP contribution in [0.15, 0.2) is 27.8 Å². The van der Waals surface area contributed by atoms with E-state index in [0.717, 1.165) is 29.7 Å². The Labute approximate surface area is 157 Å². The van der Waals surface area contributed by atoms with Crippen LogP contribution in [0.2, 0.25) is 0 Å². The van der Waals surface area contributed by atoms with E-state index in [0.29, 0.717) is 11.7 Å². The minimum absolute atomic E-state index is 0.111. The maximum Gasteiger partial charge on any atom is 0.330 e. The molecule has 0 saturated heterocycles. The number of nitrogens with two attached hydrogens (primary N) is 1. The molecule has 0 radical (unpaired) electrons. The Morgan fingerprint density at radius 3 is 2.69 bits per heavy atom. The maximum atomic E-state index is 12.3. The minimum Gasteiger partial charge on any atom is -0.383 e. The van der Waals surface area contributed by atoms with Crippen molar-refractivity contribution in [3.8, 4) is 0 Å². The number of H-pyrrole nitrogens is 1. The van der Waals surface area contributed by atoms with Gasteiger partial charge in [0.05, 0.1) is 0 Å². The fourth-order valence-corrected chi connectivity index (χ4v) is 2.83. The number of anilines is 3. The SMILES string of the molecule is CCCCn1c(N)c(N(C)C(=S)Nc2cccc(C)c2C)c(=O)[nH]c1=O. The van der Waals surface area contributed by atoms with Crippen LogP contribution >= 0.6 is 12.2 Å². The number of aromatic amines is 1. The number of thiocarbonyl (C=S) groups is 1. The molecule has 1 aromatic carbocycles. The zero-order chi connectivity index (χ0) is 19.4. The lowest BCUT2D eigenvalue weighted by Gasteiger charge is -2.24. The maximum absolute atomic E-state index is 12.3. The molecule has 0 aliphatic rings. The van der Waals surface area contributed by atoms with Gasteiger partial charge in [0.1, 0.15) is 11.5 Å². The number of nitrogens with zero attached hydrogens (tertiary/aromatic N) is 2. The van der Waals surface area contributed by atoms with Crippen molar-refractivity contribution >= 4 is 34.5 Å². The fourth-order valence-electron chi connectivity index (χ4n) is 2.63. The molecule has 26 heavy (non-hydrogen) atoms. The number of aryl methyl sites for hydroxylation is 1. The van der Waals surface area contributed by atoms with Crippen LogP contribution in [0.1, 0.15) is 30.9 Å². The number of aromatic nitrogens is 2. The predicted octanol–water partition coefficient (Wildman–Crippen LogP) is 2.37. The number of rotatable bonds is 5. The molecule has 4 N–H and O–H groups in total. The molecule has 0 spiro atoms. The molecule has 0 aliphatic carbocycles. The first-order valence-corrected chi connectivity index (χ1v) is 8.92. The van der Waals surface area contributed by atoms with E-state index in [1.54, 1.807) is 7.05 Å². The van der Waals surface area contributed by atoms with Crippen LogP contribution in [0.3, 0.4) is 0 Å². The molecule has 0 saturated carbocycles. The number of hydrogen-bond donors (Lipinski definition) is 3. The fraction of sp³-hybridized carbons (Fsp3) is 0.389. The smallest absolute Gasteiger partial charge is 0.330 e. The molecule has 1 heterocycles. The van der Waals surface area contributed by atoms with Gasteiger partial charge in [0, 0.05) is 19.3 Å². The summed E-state index contributed by atoms with van der Waals surface area (Å²) < 4.78 is 1.37. The van der Waals surface area contributed by atoms with Crippen LogP contribution in [0.25, 0.3) is 0 Å². The van der Waals surface area contributed by atoms with Crippen LogP contribution in [0.4, 0.5) is 17.2 Å². The zero-order valence-corrected chi connectivity index (χ0v) is 16.4. The second-order valence-corrected chi connectivity index (χ2v) is 6.62. The quantitative estimate of drug-likeness (QED) is 0.695. The van der Waals surface area contributed by atoms with Crippen molar-refractivity contribution in [3.05, 3.63) is 50.2 Å². The Morgan fingerprint density at radius 1 is 1.35 bits per heavy atom. The number of hydrogen-bond acceptors (Lipinski definition) is 4. The van der Waals surface area contributed by atoms with E-state index in [2.05, 4.69) is 10.3 Å². The van der Waals surface area contributed by atoms with Crippen molar-refractivity contribution in [3.63, 3.8) is 0 Å². The minimum atomic E-state index is -0.562. The number of nitrogen functional groups attached to an aromatic ring is 1. The molecular formula is C18H25N5O2S. The van der Waals surface area contributed by atoms with Crippen LogP contribution in [0.5, 0.6) is 0 Å². The van der Waals surface area contributed by atoms with E-state index in [4.69, 9.17) is 18.0 Å². The molecule has 0 fully saturated rings. The summed E-state index contributed by atoms with van der Waals surface area (Å²) in [6.07, 6.45) is 1.69. The summed E-state index contributed by atoms with van der Waals surface area (Å²) in [5.74, 6) is 0.111. The third kappa shape index (κ3) is 3.96. The van der Waals surface area contributed by atoms with Gasteiger partial charge in [-0.25, -0.2) is 4.79 Å². The highest BCUT2D eigenvalue weighted by atomic mass is 32.1. The van der Waals surface area contributed by atoms with Crippen molar-refractivity contribution in [2.75, 3.05) is 23.0 Å². The van der Waals surface area contributed by atoms with Crippen LogP contribution in [-0.2, 0) is 6.54 Å². The summed E-state index contributed by atoms with van der Waals surface area (Å²) in [7, 11) is 1.65. The van der Waals surface area contributed by atoms with Gasteiger partial charge in [-0.05, 0) is 49.7 Å². The number of unbranched alkanes of at least 4 members (excludes halogenated alkanes) is 1. The second kappa shape index (κ2) is 8.18. The third-order valence-corrected chi connectivity index (χ3v) is 4.81. The van der Waals surface area contributed by atoms with E-state index in [9.17, 15) is 9.59 Å². The highest BCUT2D eigenvalue weighted by Crippen LogP contribution is 2.21. The number of benzene rings is 1. The van der Waals surface area contributed by atoms with Gasteiger partial charge in [0.2, 0.25) is 0 Å². The molecule has 140 valence electrons. The summed E-state index contributed by atoms with van der Waals surface area (Å²) in [4.78, 5) is 28.2. The average molecular weight is 375 g/mol. The monoisotopic (exact) mass is 375 g/mol. The standard InChI is InChI=1S/C18H25N5O2S/c1-5-6-10-23-15(19)14(16(24)21-17(23)25)22(4)18(26)20-13-9-7-8-11(2)12(13)3/h7-9H,5-6,10,19H2,1-4H3,(H,20,26)(H,21,24,25). The van der Waals surface area contributed by atoms with Gasteiger partial charge in [-0.15, -0.1) is 0 Å². The van der Waals surface area contributed by atoms with Gasteiger partial charge in [-0.2, -0.15) is 0 Å². The zero-order valence-electron chi connectivity index (χ0n) is 15.5. The van der Waals surface area contributed by atoms with Crippen LogP contribution in [0, 0.1) is 13.8 Å². The molecule has 0 bridgehead atoms. The molecule has 7 nitrogen and oxygen atoms in total. The first kappa shape index (κ1) is 19.7. The molecule has 0 aliphatic heterocycles. The predicted molar refractivity (Wildman–Crippen MR) is 111 cm³/mol. The molecular weight excluding hydrogens is 350 g/mol. The average Bonchev–Trinajstić information content (AvgIpc) is 2.58.